The Morgan fingerprint density at radius 2 is 2.35 bits per heavy atom. The molecule has 0 aromatic carbocycles. The van der Waals surface area contributed by atoms with Crippen LogP contribution in [0.5, 0.6) is 0 Å². The van der Waals surface area contributed by atoms with Gasteiger partial charge in [0, 0.05) is 33.3 Å². The number of nitrogens with zero attached hydrogens (tertiary/aromatic N) is 2. The molecule has 0 unspecified atom stereocenters. The molecule has 1 rings (SSSR count). The summed E-state index contributed by atoms with van der Waals surface area (Å²) in [4.78, 5) is 0. The fourth-order valence-corrected chi connectivity index (χ4v) is 1.64. The summed E-state index contributed by atoms with van der Waals surface area (Å²) >= 11 is 0. The van der Waals surface area contributed by atoms with Crippen LogP contribution in [-0.2, 0) is 18.2 Å². The molecule has 0 aliphatic rings. The molecule has 17 heavy (non-hydrogen) atoms. The van der Waals surface area contributed by atoms with Crippen molar-refractivity contribution in [1.82, 2.24) is 15.1 Å². The predicted molar refractivity (Wildman–Crippen MR) is 70.0 cm³/mol. The minimum atomic E-state index is 0.774. The van der Waals surface area contributed by atoms with Gasteiger partial charge in [-0.25, -0.2) is 0 Å². The number of ether oxygens (including phenoxy) is 1. The summed E-state index contributed by atoms with van der Waals surface area (Å²) in [5, 5.41) is 7.68. The third-order valence-corrected chi connectivity index (χ3v) is 2.53. The van der Waals surface area contributed by atoms with Gasteiger partial charge in [-0.3, -0.25) is 4.68 Å². The summed E-state index contributed by atoms with van der Waals surface area (Å²) in [6, 6.07) is 2.06. The van der Waals surface area contributed by atoms with Gasteiger partial charge in [0.05, 0.1) is 12.3 Å². The van der Waals surface area contributed by atoms with Crippen LogP contribution in [0.2, 0.25) is 0 Å². The Hall–Kier alpha value is -1.13. The first-order valence-corrected chi connectivity index (χ1v) is 6.06. The molecule has 0 fully saturated rings. The fraction of sp³-hybridized carbons (Fsp3) is 0.615. The molecule has 1 aromatic rings. The van der Waals surface area contributed by atoms with Gasteiger partial charge in [0.15, 0.2) is 0 Å². The Morgan fingerprint density at radius 3 is 3.00 bits per heavy atom. The molecule has 1 heterocycles. The number of hydrogen-bond acceptors (Lipinski definition) is 3. The van der Waals surface area contributed by atoms with Gasteiger partial charge >= 0.3 is 0 Å². The van der Waals surface area contributed by atoms with E-state index < -0.39 is 0 Å². The van der Waals surface area contributed by atoms with Crippen LogP contribution in [0.15, 0.2) is 23.9 Å². The average molecular weight is 237 g/mol. The van der Waals surface area contributed by atoms with Gasteiger partial charge in [-0.2, -0.15) is 5.10 Å². The van der Waals surface area contributed by atoms with Gasteiger partial charge < -0.3 is 10.1 Å². The molecule has 0 spiro atoms. The minimum Gasteiger partial charge on any atom is -0.383 e. The average Bonchev–Trinajstić information content (AvgIpc) is 2.69. The van der Waals surface area contributed by atoms with Crippen molar-refractivity contribution in [3.05, 3.63) is 29.6 Å². The van der Waals surface area contributed by atoms with Crippen molar-refractivity contribution in [2.75, 3.05) is 26.8 Å². The molecule has 0 saturated carbocycles. The minimum absolute atomic E-state index is 0.774. The second kappa shape index (κ2) is 8.03. The number of hydrogen-bond donors (Lipinski definition) is 1. The normalized spacial score (nSPS) is 12.1. The zero-order valence-electron chi connectivity index (χ0n) is 11.1. The molecule has 0 radical (unpaired) electrons. The van der Waals surface area contributed by atoms with Crippen molar-refractivity contribution in [2.45, 2.75) is 19.8 Å². The van der Waals surface area contributed by atoms with E-state index in [2.05, 4.69) is 29.5 Å². The van der Waals surface area contributed by atoms with Crippen LogP contribution < -0.4 is 5.32 Å². The van der Waals surface area contributed by atoms with Crippen LogP contribution in [0, 0.1) is 0 Å². The maximum atomic E-state index is 4.96. The predicted octanol–water partition coefficient (Wildman–Crippen LogP) is 1.53. The number of rotatable bonds is 8. The van der Waals surface area contributed by atoms with E-state index in [4.69, 9.17) is 4.74 Å². The standard InChI is InChI=1S/C13H23N3O/c1-12(5-4-7-14-8-10-17-3)11-13-6-9-16(2)15-13/h5-6,9,14H,4,7-8,10-11H2,1-3H3/b12-5-. The highest BCUT2D eigenvalue weighted by atomic mass is 16.5. The van der Waals surface area contributed by atoms with Gasteiger partial charge in [-0.05, 0) is 26.0 Å². The summed E-state index contributed by atoms with van der Waals surface area (Å²) < 4.78 is 6.80. The molecule has 0 amide bonds. The van der Waals surface area contributed by atoms with E-state index in [1.807, 2.05) is 17.9 Å². The molecule has 0 saturated heterocycles. The Labute approximate surface area is 104 Å². The SMILES string of the molecule is COCCNCC/C=C(/C)Cc1ccn(C)n1. The Bertz CT molecular complexity index is 344. The molecule has 0 atom stereocenters. The van der Waals surface area contributed by atoms with E-state index in [9.17, 15) is 0 Å². The van der Waals surface area contributed by atoms with Crippen LogP contribution in [0.25, 0.3) is 0 Å². The van der Waals surface area contributed by atoms with Crippen LogP contribution in [0.3, 0.4) is 0 Å². The molecule has 1 aromatic heterocycles. The van der Waals surface area contributed by atoms with Crippen molar-refractivity contribution in [2.24, 2.45) is 7.05 Å². The van der Waals surface area contributed by atoms with Crippen LogP contribution in [0.4, 0.5) is 0 Å². The van der Waals surface area contributed by atoms with Crippen LogP contribution in [0.1, 0.15) is 19.0 Å². The lowest BCUT2D eigenvalue weighted by molar-refractivity contribution is 0.199. The number of aryl methyl sites for hydroxylation is 1. The number of nitrogens with one attached hydrogen (secondary N) is 1. The molecule has 0 bridgehead atoms. The van der Waals surface area contributed by atoms with Crippen LogP contribution >= 0.6 is 0 Å². The second-order valence-corrected chi connectivity index (χ2v) is 4.24. The highest BCUT2D eigenvalue weighted by Crippen LogP contribution is 2.05. The maximum Gasteiger partial charge on any atom is 0.0664 e. The highest BCUT2D eigenvalue weighted by molar-refractivity contribution is 5.11. The molecular formula is C13H23N3O. The molecule has 4 nitrogen and oxygen atoms in total. The van der Waals surface area contributed by atoms with E-state index >= 15 is 0 Å². The van der Waals surface area contributed by atoms with Gasteiger partial charge in [0.25, 0.3) is 0 Å². The highest BCUT2D eigenvalue weighted by Gasteiger charge is 1.97. The van der Waals surface area contributed by atoms with Crippen molar-refractivity contribution >= 4 is 0 Å². The first-order valence-electron chi connectivity index (χ1n) is 6.06. The summed E-state index contributed by atoms with van der Waals surface area (Å²) in [5.74, 6) is 0. The lowest BCUT2D eigenvalue weighted by Crippen LogP contribution is -2.19. The van der Waals surface area contributed by atoms with E-state index in [1.165, 1.54) is 5.57 Å². The monoisotopic (exact) mass is 237 g/mol. The zero-order valence-corrected chi connectivity index (χ0v) is 11.1. The number of allylic oxidation sites excluding steroid dienone is 1. The van der Waals surface area contributed by atoms with Gasteiger partial charge in [-0.15, -0.1) is 0 Å². The topological polar surface area (TPSA) is 39.1 Å². The largest absolute Gasteiger partial charge is 0.383 e. The number of aromatic nitrogens is 2. The Kier molecular flexibility index (Phi) is 6.58. The van der Waals surface area contributed by atoms with E-state index in [0.29, 0.717) is 0 Å². The third kappa shape index (κ3) is 6.24. The lowest BCUT2D eigenvalue weighted by Gasteiger charge is -2.02. The zero-order chi connectivity index (χ0) is 12.5. The van der Waals surface area contributed by atoms with Crippen molar-refractivity contribution in [3.63, 3.8) is 0 Å². The second-order valence-electron chi connectivity index (χ2n) is 4.24. The van der Waals surface area contributed by atoms with E-state index in [-0.39, 0.29) is 0 Å². The smallest absolute Gasteiger partial charge is 0.0664 e. The van der Waals surface area contributed by atoms with Crippen molar-refractivity contribution in [1.29, 1.82) is 0 Å². The molecule has 1 N–H and O–H groups in total. The summed E-state index contributed by atoms with van der Waals surface area (Å²) in [6.45, 7) is 4.85. The lowest BCUT2D eigenvalue weighted by atomic mass is 10.1. The van der Waals surface area contributed by atoms with Crippen molar-refractivity contribution < 1.29 is 4.74 Å². The third-order valence-electron chi connectivity index (χ3n) is 2.53. The summed E-state index contributed by atoms with van der Waals surface area (Å²) in [6.07, 6.45) is 6.25. The van der Waals surface area contributed by atoms with Gasteiger partial charge in [0.1, 0.15) is 0 Å². The summed E-state index contributed by atoms with van der Waals surface area (Å²) in [5.41, 5.74) is 2.51. The molecule has 96 valence electrons. The number of methoxy groups -OCH3 is 1. The summed E-state index contributed by atoms with van der Waals surface area (Å²) in [7, 11) is 3.67. The quantitative estimate of drug-likeness (QED) is 0.550. The Balaban J connectivity index is 2.16. The maximum absolute atomic E-state index is 4.96. The van der Waals surface area contributed by atoms with Crippen LogP contribution in [-0.4, -0.2) is 36.6 Å². The Morgan fingerprint density at radius 1 is 1.53 bits per heavy atom. The first kappa shape index (κ1) is 13.9. The van der Waals surface area contributed by atoms with E-state index in [1.54, 1.807) is 7.11 Å². The molecular weight excluding hydrogens is 214 g/mol. The van der Waals surface area contributed by atoms with Crippen molar-refractivity contribution in [3.8, 4) is 0 Å². The van der Waals surface area contributed by atoms with E-state index in [0.717, 1.165) is 38.2 Å². The van der Waals surface area contributed by atoms with Gasteiger partial charge in [0.2, 0.25) is 0 Å². The fourth-order valence-electron chi connectivity index (χ4n) is 1.64. The van der Waals surface area contributed by atoms with Gasteiger partial charge in [-0.1, -0.05) is 11.6 Å². The molecule has 0 aliphatic carbocycles. The first-order chi connectivity index (χ1) is 8.22. The molecule has 4 heteroatoms. The molecule has 0 aliphatic heterocycles.